The van der Waals surface area contributed by atoms with Crippen molar-refractivity contribution in [1.82, 2.24) is 10.5 Å². The first-order valence-electron chi connectivity index (χ1n) is 6.48. The van der Waals surface area contributed by atoms with Gasteiger partial charge in [-0.3, -0.25) is 9.59 Å². The number of hydrogen-bond donors (Lipinski definition) is 2. The molecule has 0 fully saturated rings. The number of aromatic nitrogens is 1. The van der Waals surface area contributed by atoms with Gasteiger partial charge in [0.2, 0.25) is 11.8 Å². The molecule has 1 heterocycles. The Morgan fingerprint density at radius 3 is 2.50 bits per heavy atom. The van der Waals surface area contributed by atoms with Crippen molar-refractivity contribution in [3.63, 3.8) is 0 Å². The number of rotatable bonds is 7. The lowest BCUT2D eigenvalue weighted by Crippen LogP contribution is -2.37. The minimum atomic E-state index is -0.201. The normalized spacial score (nSPS) is 12.2. The standard InChI is InChI=1S/C13H21N3O3S/c1-8(2)10(4)14-12(17)6-20-7-13(18)15-11-5-9(3)19-16-11/h5,8,10H,6-7H2,1-4H3,(H,14,17)(H,15,16,18)/t10-/m1/s1. The molecule has 1 atom stereocenters. The summed E-state index contributed by atoms with van der Waals surface area (Å²) in [5.74, 6) is 1.63. The molecule has 1 aromatic rings. The SMILES string of the molecule is Cc1cc(NC(=O)CSCC(=O)N[C@H](C)C(C)C)no1. The Morgan fingerprint density at radius 1 is 1.30 bits per heavy atom. The van der Waals surface area contributed by atoms with E-state index in [1.165, 1.54) is 11.8 Å². The van der Waals surface area contributed by atoms with Gasteiger partial charge in [-0.25, -0.2) is 0 Å². The first kappa shape index (κ1) is 16.6. The molecule has 112 valence electrons. The van der Waals surface area contributed by atoms with Crippen LogP contribution in [-0.2, 0) is 9.59 Å². The van der Waals surface area contributed by atoms with Crippen LogP contribution >= 0.6 is 11.8 Å². The predicted molar refractivity (Wildman–Crippen MR) is 79.6 cm³/mol. The Hall–Kier alpha value is -1.50. The summed E-state index contributed by atoms with van der Waals surface area (Å²) >= 11 is 1.27. The fraction of sp³-hybridized carbons (Fsp3) is 0.615. The zero-order valence-corrected chi connectivity index (χ0v) is 13.0. The fourth-order valence-electron chi connectivity index (χ4n) is 1.30. The number of hydrogen-bond acceptors (Lipinski definition) is 5. The highest BCUT2D eigenvalue weighted by molar-refractivity contribution is 8.00. The molecule has 0 spiro atoms. The lowest BCUT2D eigenvalue weighted by atomic mass is 10.1. The molecule has 2 amide bonds. The highest BCUT2D eigenvalue weighted by Crippen LogP contribution is 2.08. The molecule has 0 aliphatic rings. The third kappa shape index (κ3) is 6.10. The van der Waals surface area contributed by atoms with Crippen molar-refractivity contribution in [2.75, 3.05) is 16.8 Å². The van der Waals surface area contributed by atoms with Crippen LogP contribution < -0.4 is 10.6 Å². The maximum Gasteiger partial charge on any atom is 0.235 e. The Balaban J connectivity index is 2.20. The van der Waals surface area contributed by atoms with Gasteiger partial charge in [0, 0.05) is 12.1 Å². The van der Waals surface area contributed by atoms with Gasteiger partial charge in [-0.05, 0) is 19.8 Å². The molecule has 0 saturated heterocycles. The summed E-state index contributed by atoms with van der Waals surface area (Å²) in [4.78, 5) is 23.2. The van der Waals surface area contributed by atoms with Gasteiger partial charge in [0.1, 0.15) is 5.76 Å². The summed E-state index contributed by atoms with van der Waals surface area (Å²) in [5.41, 5.74) is 0. The molecular formula is C13H21N3O3S. The van der Waals surface area contributed by atoms with Crippen molar-refractivity contribution in [3.05, 3.63) is 11.8 Å². The first-order chi connectivity index (χ1) is 9.38. The molecule has 7 heteroatoms. The van der Waals surface area contributed by atoms with E-state index in [2.05, 4.69) is 15.8 Å². The van der Waals surface area contributed by atoms with Gasteiger partial charge in [0.05, 0.1) is 11.5 Å². The lowest BCUT2D eigenvalue weighted by Gasteiger charge is -2.17. The molecule has 0 unspecified atom stereocenters. The molecule has 6 nitrogen and oxygen atoms in total. The summed E-state index contributed by atoms with van der Waals surface area (Å²) in [6, 6.07) is 1.77. The van der Waals surface area contributed by atoms with Gasteiger partial charge < -0.3 is 15.2 Å². The molecule has 1 aromatic heterocycles. The van der Waals surface area contributed by atoms with Gasteiger partial charge in [0.15, 0.2) is 5.82 Å². The van der Waals surface area contributed by atoms with E-state index in [0.29, 0.717) is 17.5 Å². The van der Waals surface area contributed by atoms with E-state index in [0.717, 1.165) is 0 Å². The summed E-state index contributed by atoms with van der Waals surface area (Å²) in [6.07, 6.45) is 0. The van der Waals surface area contributed by atoms with Crippen molar-refractivity contribution < 1.29 is 14.1 Å². The van der Waals surface area contributed by atoms with Crippen LogP contribution in [0.25, 0.3) is 0 Å². The number of aryl methyl sites for hydroxylation is 1. The maximum atomic E-state index is 11.6. The molecule has 0 radical (unpaired) electrons. The van der Waals surface area contributed by atoms with Crippen LogP contribution in [0.2, 0.25) is 0 Å². The van der Waals surface area contributed by atoms with Crippen molar-refractivity contribution in [2.24, 2.45) is 5.92 Å². The third-order valence-corrected chi connectivity index (χ3v) is 3.68. The highest BCUT2D eigenvalue weighted by atomic mass is 32.2. The molecule has 0 aliphatic heterocycles. The maximum absolute atomic E-state index is 11.6. The average Bonchev–Trinajstić information content (AvgIpc) is 2.74. The summed E-state index contributed by atoms with van der Waals surface area (Å²) in [6.45, 7) is 7.81. The second-order valence-electron chi connectivity index (χ2n) is 4.96. The van der Waals surface area contributed by atoms with Crippen LogP contribution in [-0.4, -0.2) is 34.5 Å². The van der Waals surface area contributed by atoms with Crippen LogP contribution in [0.3, 0.4) is 0 Å². The highest BCUT2D eigenvalue weighted by Gasteiger charge is 2.12. The minimum absolute atomic E-state index is 0.0544. The smallest absolute Gasteiger partial charge is 0.235 e. The molecule has 0 aliphatic carbocycles. The Labute approximate surface area is 123 Å². The molecular weight excluding hydrogens is 278 g/mol. The van der Waals surface area contributed by atoms with E-state index >= 15 is 0 Å². The van der Waals surface area contributed by atoms with E-state index < -0.39 is 0 Å². The number of anilines is 1. The van der Waals surface area contributed by atoms with Crippen LogP contribution in [0, 0.1) is 12.8 Å². The Morgan fingerprint density at radius 2 is 1.95 bits per heavy atom. The van der Waals surface area contributed by atoms with Gasteiger partial charge in [-0.2, -0.15) is 0 Å². The van der Waals surface area contributed by atoms with E-state index in [4.69, 9.17) is 4.52 Å². The van der Waals surface area contributed by atoms with E-state index in [1.54, 1.807) is 13.0 Å². The van der Waals surface area contributed by atoms with Crippen LogP contribution in [0.5, 0.6) is 0 Å². The predicted octanol–water partition coefficient (Wildman–Crippen LogP) is 1.82. The fourth-order valence-corrected chi connectivity index (χ4v) is 1.93. The average molecular weight is 299 g/mol. The minimum Gasteiger partial charge on any atom is -0.360 e. The van der Waals surface area contributed by atoms with Crippen molar-refractivity contribution in [1.29, 1.82) is 0 Å². The Bertz CT molecular complexity index is 459. The van der Waals surface area contributed by atoms with Crippen LogP contribution in [0.15, 0.2) is 10.6 Å². The number of carbonyl (C=O) groups is 2. The lowest BCUT2D eigenvalue weighted by molar-refractivity contribution is -0.119. The van der Waals surface area contributed by atoms with Crippen molar-refractivity contribution >= 4 is 29.4 Å². The first-order valence-corrected chi connectivity index (χ1v) is 7.64. The number of nitrogens with zero attached hydrogens (tertiary/aromatic N) is 1. The van der Waals surface area contributed by atoms with Gasteiger partial charge in [-0.1, -0.05) is 19.0 Å². The quantitative estimate of drug-likeness (QED) is 0.802. The van der Waals surface area contributed by atoms with Crippen LogP contribution in [0.1, 0.15) is 26.5 Å². The topological polar surface area (TPSA) is 84.2 Å². The summed E-state index contributed by atoms with van der Waals surface area (Å²) in [5, 5.41) is 9.15. The zero-order chi connectivity index (χ0) is 15.1. The van der Waals surface area contributed by atoms with E-state index in [9.17, 15) is 9.59 Å². The summed E-state index contributed by atoms with van der Waals surface area (Å²) in [7, 11) is 0. The Kier molecular flexibility index (Phi) is 6.57. The number of amides is 2. The molecule has 2 N–H and O–H groups in total. The number of thioether (sulfide) groups is 1. The zero-order valence-electron chi connectivity index (χ0n) is 12.2. The second kappa shape index (κ2) is 7.94. The molecule has 20 heavy (non-hydrogen) atoms. The third-order valence-electron chi connectivity index (χ3n) is 2.75. The number of carbonyl (C=O) groups excluding carboxylic acids is 2. The van der Waals surface area contributed by atoms with E-state index in [-0.39, 0.29) is 29.4 Å². The van der Waals surface area contributed by atoms with Gasteiger partial charge in [0.25, 0.3) is 0 Å². The van der Waals surface area contributed by atoms with Crippen molar-refractivity contribution in [2.45, 2.75) is 33.7 Å². The molecule has 0 aromatic carbocycles. The monoisotopic (exact) mass is 299 g/mol. The van der Waals surface area contributed by atoms with Crippen molar-refractivity contribution in [3.8, 4) is 0 Å². The number of nitrogens with one attached hydrogen (secondary N) is 2. The van der Waals surface area contributed by atoms with Gasteiger partial charge in [-0.15, -0.1) is 11.8 Å². The van der Waals surface area contributed by atoms with Crippen LogP contribution in [0.4, 0.5) is 5.82 Å². The second-order valence-corrected chi connectivity index (χ2v) is 5.95. The largest absolute Gasteiger partial charge is 0.360 e. The summed E-state index contributed by atoms with van der Waals surface area (Å²) < 4.78 is 4.84. The molecule has 1 rings (SSSR count). The van der Waals surface area contributed by atoms with E-state index in [1.807, 2.05) is 20.8 Å². The van der Waals surface area contributed by atoms with Gasteiger partial charge >= 0.3 is 0 Å². The molecule has 0 saturated carbocycles. The molecule has 0 bridgehead atoms.